The summed E-state index contributed by atoms with van der Waals surface area (Å²) in [5, 5.41) is 14.4. The van der Waals surface area contributed by atoms with Crippen molar-refractivity contribution in [2.75, 3.05) is 25.0 Å². The number of nitrogens with one attached hydrogen (secondary N) is 1. The topological polar surface area (TPSA) is 84.2 Å². The molecule has 7 nitrogen and oxygen atoms in total. The molecule has 0 amide bonds. The molecule has 1 aliphatic heterocycles. The van der Waals surface area contributed by atoms with E-state index in [1.54, 1.807) is 12.1 Å². The Balaban J connectivity index is 1.46. The Hall–Kier alpha value is -2.54. The number of hydrogen-bond acceptors (Lipinski definition) is 6. The van der Waals surface area contributed by atoms with Crippen LogP contribution < -0.4 is 5.32 Å². The third-order valence-electron chi connectivity index (χ3n) is 5.12. The number of anilines is 1. The van der Waals surface area contributed by atoms with Gasteiger partial charge in [0, 0.05) is 48.6 Å². The van der Waals surface area contributed by atoms with Gasteiger partial charge in [0.1, 0.15) is 5.82 Å². The molecule has 1 aromatic heterocycles. The number of nitro groups is 1. The Morgan fingerprint density at radius 3 is 2.88 bits per heavy atom. The van der Waals surface area contributed by atoms with Gasteiger partial charge in [-0.15, -0.1) is 0 Å². The summed E-state index contributed by atoms with van der Waals surface area (Å²) >= 11 is 0. The molecular weight excluding hydrogens is 330 g/mol. The van der Waals surface area contributed by atoms with E-state index in [4.69, 9.17) is 0 Å². The third-order valence-corrected chi connectivity index (χ3v) is 5.12. The molecule has 136 valence electrons. The van der Waals surface area contributed by atoms with E-state index in [2.05, 4.69) is 20.2 Å². The largest absolute Gasteiger partial charge is 0.370 e. The minimum Gasteiger partial charge on any atom is -0.370 e. The van der Waals surface area contributed by atoms with Gasteiger partial charge in [0.05, 0.1) is 4.92 Å². The van der Waals surface area contributed by atoms with Crippen molar-refractivity contribution in [2.45, 2.75) is 32.2 Å². The van der Waals surface area contributed by atoms with Gasteiger partial charge in [-0.2, -0.15) is 0 Å². The SMILES string of the molecule is Cc1cc(NC[C@H]2CCN(C3CC3)C2)nc(-c2cccc([N+](=O)[O-])c2)n1. The first-order valence-electron chi connectivity index (χ1n) is 9.17. The molecule has 0 radical (unpaired) electrons. The van der Waals surface area contributed by atoms with Crippen LogP contribution in [0.3, 0.4) is 0 Å². The zero-order chi connectivity index (χ0) is 18.1. The molecule has 2 aromatic rings. The Morgan fingerprint density at radius 1 is 1.27 bits per heavy atom. The van der Waals surface area contributed by atoms with Crippen molar-refractivity contribution in [3.63, 3.8) is 0 Å². The van der Waals surface area contributed by atoms with E-state index in [1.807, 2.05) is 13.0 Å². The fraction of sp³-hybridized carbons (Fsp3) is 0.474. The lowest BCUT2D eigenvalue weighted by Crippen LogP contribution is -2.25. The van der Waals surface area contributed by atoms with Crippen LogP contribution >= 0.6 is 0 Å². The molecule has 1 saturated heterocycles. The fourth-order valence-electron chi connectivity index (χ4n) is 3.60. The van der Waals surface area contributed by atoms with Crippen molar-refractivity contribution in [3.8, 4) is 11.4 Å². The summed E-state index contributed by atoms with van der Waals surface area (Å²) in [6.45, 7) is 5.18. The molecule has 2 fully saturated rings. The highest BCUT2D eigenvalue weighted by Crippen LogP contribution is 2.31. The molecule has 26 heavy (non-hydrogen) atoms. The van der Waals surface area contributed by atoms with Crippen molar-refractivity contribution < 1.29 is 4.92 Å². The molecule has 2 heterocycles. The number of nitro benzene ring substituents is 1. The maximum atomic E-state index is 11.0. The lowest BCUT2D eigenvalue weighted by atomic mass is 10.1. The zero-order valence-electron chi connectivity index (χ0n) is 14.9. The van der Waals surface area contributed by atoms with E-state index in [1.165, 1.54) is 44.5 Å². The van der Waals surface area contributed by atoms with E-state index >= 15 is 0 Å². The van der Waals surface area contributed by atoms with Crippen LogP contribution in [0.4, 0.5) is 11.5 Å². The van der Waals surface area contributed by atoms with E-state index < -0.39 is 4.92 Å². The maximum absolute atomic E-state index is 11.0. The van der Waals surface area contributed by atoms with Gasteiger partial charge in [-0.1, -0.05) is 12.1 Å². The number of benzene rings is 1. The molecular formula is C19H23N5O2. The highest BCUT2D eigenvalue weighted by Gasteiger charge is 2.34. The number of aromatic nitrogens is 2. The number of nitrogens with zero attached hydrogens (tertiary/aromatic N) is 4. The first kappa shape index (κ1) is 16.9. The summed E-state index contributed by atoms with van der Waals surface area (Å²) in [4.78, 5) is 22.2. The summed E-state index contributed by atoms with van der Waals surface area (Å²) in [5.74, 6) is 1.94. The quantitative estimate of drug-likeness (QED) is 0.634. The third kappa shape index (κ3) is 3.83. The van der Waals surface area contributed by atoms with Gasteiger partial charge in [0.25, 0.3) is 5.69 Å². The Kier molecular flexibility index (Phi) is 4.55. The first-order valence-corrected chi connectivity index (χ1v) is 9.17. The van der Waals surface area contributed by atoms with Crippen LogP contribution in [-0.2, 0) is 0 Å². The number of aryl methyl sites for hydroxylation is 1. The Morgan fingerprint density at radius 2 is 2.12 bits per heavy atom. The summed E-state index contributed by atoms with van der Waals surface area (Å²) in [7, 11) is 0. The Labute approximate surface area is 152 Å². The standard InChI is InChI=1S/C19H23N5O2/c1-13-9-18(20-11-14-7-8-23(12-14)16-5-6-16)22-19(21-13)15-3-2-4-17(10-15)24(25)26/h2-4,9-10,14,16H,5-8,11-12H2,1H3,(H,20,21,22)/t14-/m1/s1. The average molecular weight is 353 g/mol. The molecule has 1 aromatic carbocycles. The molecule has 0 unspecified atom stereocenters. The van der Waals surface area contributed by atoms with Crippen molar-refractivity contribution >= 4 is 11.5 Å². The maximum Gasteiger partial charge on any atom is 0.270 e. The second kappa shape index (κ2) is 6.99. The van der Waals surface area contributed by atoms with E-state index in [9.17, 15) is 10.1 Å². The molecule has 0 bridgehead atoms. The second-order valence-corrected chi connectivity index (χ2v) is 7.29. The average Bonchev–Trinajstić information content (AvgIpc) is 3.38. The van der Waals surface area contributed by atoms with Gasteiger partial charge in [0.2, 0.25) is 0 Å². The van der Waals surface area contributed by atoms with Gasteiger partial charge in [-0.25, -0.2) is 9.97 Å². The molecule has 4 rings (SSSR count). The van der Waals surface area contributed by atoms with Crippen LogP contribution in [0.2, 0.25) is 0 Å². The number of non-ortho nitro benzene ring substituents is 1. The van der Waals surface area contributed by atoms with Gasteiger partial charge in [-0.05, 0) is 38.6 Å². The minimum absolute atomic E-state index is 0.0493. The number of likely N-dealkylation sites (tertiary alicyclic amines) is 1. The van der Waals surface area contributed by atoms with Crippen LogP contribution in [0, 0.1) is 23.0 Å². The van der Waals surface area contributed by atoms with E-state index in [0.717, 1.165) is 24.1 Å². The lowest BCUT2D eigenvalue weighted by Gasteiger charge is -2.15. The molecule has 7 heteroatoms. The normalized spacial score (nSPS) is 20.3. The fourth-order valence-corrected chi connectivity index (χ4v) is 3.60. The molecule has 1 aliphatic carbocycles. The summed E-state index contributed by atoms with van der Waals surface area (Å²) in [6.07, 6.45) is 3.95. The van der Waals surface area contributed by atoms with Crippen LogP contribution in [0.5, 0.6) is 0 Å². The highest BCUT2D eigenvalue weighted by atomic mass is 16.6. The first-order chi connectivity index (χ1) is 12.6. The summed E-state index contributed by atoms with van der Waals surface area (Å²) < 4.78 is 0. The number of hydrogen-bond donors (Lipinski definition) is 1. The summed E-state index contributed by atoms with van der Waals surface area (Å²) in [5.41, 5.74) is 1.55. The summed E-state index contributed by atoms with van der Waals surface area (Å²) in [6, 6.07) is 9.22. The van der Waals surface area contributed by atoms with Gasteiger partial charge in [0.15, 0.2) is 5.82 Å². The highest BCUT2D eigenvalue weighted by molar-refractivity contribution is 5.61. The predicted octanol–water partition coefficient (Wildman–Crippen LogP) is 3.26. The predicted molar refractivity (Wildman–Crippen MR) is 100 cm³/mol. The van der Waals surface area contributed by atoms with E-state index in [0.29, 0.717) is 17.3 Å². The minimum atomic E-state index is -0.399. The molecule has 0 spiro atoms. The molecule has 1 saturated carbocycles. The van der Waals surface area contributed by atoms with Gasteiger partial charge in [-0.3, -0.25) is 10.1 Å². The van der Waals surface area contributed by atoms with Crippen molar-refractivity contribution in [1.29, 1.82) is 0 Å². The Bertz CT molecular complexity index is 821. The van der Waals surface area contributed by atoms with Gasteiger partial charge >= 0.3 is 0 Å². The lowest BCUT2D eigenvalue weighted by molar-refractivity contribution is -0.384. The second-order valence-electron chi connectivity index (χ2n) is 7.29. The van der Waals surface area contributed by atoms with Crippen LogP contribution in [0.25, 0.3) is 11.4 Å². The van der Waals surface area contributed by atoms with Crippen molar-refractivity contribution in [1.82, 2.24) is 14.9 Å². The van der Waals surface area contributed by atoms with Crippen molar-refractivity contribution in [3.05, 3.63) is 46.1 Å². The van der Waals surface area contributed by atoms with Crippen molar-refractivity contribution in [2.24, 2.45) is 5.92 Å². The molecule has 1 N–H and O–H groups in total. The zero-order valence-corrected chi connectivity index (χ0v) is 14.9. The smallest absolute Gasteiger partial charge is 0.270 e. The van der Waals surface area contributed by atoms with Crippen LogP contribution in [0.15, 0.2) is 30.3 Å². The van der Waals surface area contributed by atoms with Gasteiger partial charge < -0.3 is 10.2 Å². The van der Waals surface area contributed by atoms with E-state index in [-0.39, 0.29) is 5.69 Å². The van der Waals surface area contributed by atoms with Crippen LogP contribution in [-0.4, -0.2) is 45.5 Å². The monoisotopic (exact) mass is 353 g/mol. The molecule has 2 aliphatic rings. The number of rotatable bonds is 6. The molecule has 1 atom stereocenters. The van der Waals surface area contributed by atoms with Crippen LogP contribution in [0.1, 0.15) is 25.0 Å².